The lowest BCUT2D eigenvalue weighted by Gasteiger charge is -2.10. The molecule has 134 valence electrons. The zero-order chi connectivity index (χ0) is 18.6. The molecule has 3 aromatic carbocycles. The van der Waals surface area contributed by atoms with Gasteiger partial charge in [0.2, 0.25) is 0 Å². The standard InChI is InChI=1S/C22H19N3O2/c1-2-27-21-13-6-5-12-18(21)23-22(26)20-14-19(24-25-20)17-11-7-9-15-8-3-4-10-16(15)17/h3-14H,2H2,1H3,(H,23,26)(H,24,25). The number of nitrogens with zero attached hydrogens (tertiary/aromatic N) is 1. The number of nitrogens with one attached hydrogen (secondary N) is 2. The SMILES string of the molecule is CCOc1ccccc1NC(=O)c1cc(-c2cccc3ccccc23)n[nH]1. The highest BCUT2D eigenvalue weighted by Crippen LogP contribution is 2.28. The molecule has 4 rings (SSSR count). The lowest BCUT2D eigenvalue weighted by Crippen LogP contribution is -2.13. The van der Waals surface area contributed by atoms with Gasteiger partial charge in [-0.25, -0.2) is 0 Å². The number of carbonyl (C=O) groups excluding carboxylic acids is 1. The molecule has 1 amide bonds. The lowest BCUT2D eigenvalue weighted by molar-refractivity contribution is 0.102. The minimum atomic E-state index is -0.263. The molecule has 0 atom stereocenters. The van der Waals surface area contributed by atoms with Crippen molar-refractivity contribution in [2.45, 2.75) is 6.92 Å². The summed E-state index contributed by atoms with van der Waals surface area (Å²) in [6.45, 7) is 2.44. The summed E-state index contributed by atoms with van der Waals surface area (Å²) < 4.78 is 5.56. The van der Waals surface area contributed by atoms with Gasteiger partial charge in [0.25, 0.3) is 5.91 Å². The summed E-state index contributed by atoms with van der Waals surface area (Å²) in [5, 5.41) is 12.3. The van der Waals surface area contributed by atoms with Crippen molar-refractivity contribution in [3.8, 4) is 17.0 Å². The first kappa shape index (κ1) is 16.8. The molecule has 0 spiro atoms. The lowest BCUT2D eigenvalue weighted by atomic mass is 10.0. The van der Waals surface area contributed by atoms with Crippen molar-refractivity contribution in [3.05, 3.63) is 78.5 Å². The maximum Gasteiger partial charge on any atom is 0.273 e. The van der Waals surface area contributed by atoms with E-state index in [1.807, 2.05) is 55.5 Å². The number of ether oxygens (including phenoxy) is 1. The van der Waals surface area contributed by atoms with E-state index in [9.17, 15) is 4.79 Å². The van der Waals surface area contributed by atoms with E-state index in [2.05, 4.69) is 33.7 Å². The van der Waals surface area contributed by atoms with Crippen LogP contribution in [0.15, 0.2) is 72.8 Å². The molecule has 0 unspecified atom stereocenters. The number of para-hydroxylation sites is 2. The van der Waals surface area contributed by atoms with E-state index in [0.717, 1.165) is 22.0 Å². The highest BCUT2D eigenvalue weighted by atomic mass is 16.5. The Labute approximate surface area is 157 Å². The maximum absolute atomic E-state index is 12.6. The van der Waals surface area contributed by atoms with Crippen molar-refractivity contribution in [3.63, 3.8) is 0 Å². The van der Waals surface area contributed by atoms with E-state index < -0.39 is 0 Å². The van der Waals surface area contributed by atoms with Crippen LogP contribution in [0.1, 0.15) is 17.4 Å². The zero-order valence-electron chi connectivity index (χ0n) is 14.9. The monoisotopic (exact) mass is 357 g/mol. The molecular formula is C22H19N3O2. The fourth-order valence-corrected chi connectivity index (χ4v) is 3.07. The van der Waals surface area contributed by atoms with Crippen LogP contribution in [-0.4, -0.2) is 22.7 Å². The normalized spacial score (nSPS) is 10.7. The summed E-state index contributed by atoms with van der Waals surface area (Å²) in [7, 11) is 0. The summed E-state index contributed by atoms with van der Waals surface area (Å²) in [6.07, 6.45) is 0. The summed E-state index contributed by atoms with van der Waals surface area (Å²) in [6, 6.07) is 23.3. The van der Waals surface area contributed by atoms with Crippen LogP contribution in [0.25, 0.3) is 22.0 Å². The van der Waals surface area contributed by atoms with E-state index in [4.69, 9.17) is 4.74 Å². The van der Waals surface area contributed by atoms with E-state index in [-0.39, 0.29) is 5.91 Å². The number of fused-ring (bicyclic) bond motifs is 1. The molecule has 1 heterocycles. The van der Waals surface area contributed by atoms with Crippen LogP contribution in [0.4, 0.5) is 5.69 Å². The van der Waals surface area contributed by atoms with Gasteiger partial charge < -0.3 is 10.1 Å². The zero-order valence-corrected chi connectivity index (χ0v) is 14.9. The summed E-state index contributed by atoms with van der Waals surface area (Å²) >= 11 is 0. The van der Waals surface area contributed by atoms with Gasteiger partial charge in [-0.15, -0.1) is 0 Å². The first-order chi connectivity index (χ1) is 13.3. The van der Waals surface area contributed by atoms with E-state index in [1.165, 1.54) is 0 Å². The fourth-order valence-electron chi connectivity index (χ4n) is 3.07. The van der Waals surface area contributed by atoms with Gasteiger partial charge in [-0.05, 0) is 35.9 Å². The van der Waals surface area contributed by atoms with Crippen LogP contribution >= 0.6 is 0 Å². The van der Waals surface area contributed by atoms with Crippen molar-refractivity contribution >= 4 is 22.4 Å². The predicted octanol–water partition coefficient (Wildman–Crippen LogP) is 4.88. The van der Waals surface area contributed by atoms with Crippen molar-refractivity contribution < 1.29 is 9.53 Å². The van der Waals surface area contributed by atoms with Crippen LogP contribution in [0.5, 0.6) is 5.75 Å². The first-order valence-corrected chi connectivity index (χ1v) is 8.83. The molecule has 0 saturated heterocycles. The Hall–Kier alpha value is -3.60. The second-order valence-electron chi connectivity index (χ2n) is 6.08. The third kappa shape index (κ3) is 3.40. The molecule has 0 radical (unpaired) electrons. The number of anilines is 1. The third-order valence-electron chi connectivity index (χ3n) is 4.32. The summed E-state index contributed by atoms with van der Waals surface area (Å²) in [5.41, 5.74) is 2.74. The smallest absolute Gasteiger partial charge is 0.273 e. The van der Waals surface area contributed by atoms with Crippen LogP contribution < -0.4 is 10.1 Å². The molecule has 5 heteroatoms. The van der Waals surface area contributed by atoms with Gasteiger partial charge >= 0.3 is 0 Å². The Bertz CT molecular complexity index is 1100. The number of hydrogen-bond acceptors (Lipinski definition) is 3. The van der Waals surface area contributed by atoms with Crippen LogP contribution in [0.3, 0.4) is 0 Å². The maximum atomic E-state index is 12.6. The quantitative estimate of drug-likeness (QED) is 0.535. The molecule has 0 bridgehead atoms. The largest absolute Gasteiger partial charge is 0.492 e. The van der Waals surface area contributed by atoms with E-state index >= 15 is 0 Å². The van der Waals surface area contributed by atoms with Crippen molar-refractivity contribution in [2.75, 3.05) is 11.9 Å². The number of hydrogen-bond donors (Lipinski definition) is 2. The molecule has 5 nitrogen and oxygen atoms in total. The number of amides is 1. The Morgan fingerprint density at radius 2 is 1.81 bits per heavy atom. The topological polar surface area (TPSA) is 67.0 Å². The molecule has 1 aromatic heterocycles. The number of aromatic nitrogens is 2. The van der Waals surface area contributed by atoms with Crippen LogP contribution in [0, 0.1) is 0 Å². The molecule has 0 aliphatic carbocycles. The molecule has 0 aliphatic rings. The van der Waals surface area contributed by atoms with Gasteiger partial charge in [-0.2, -0.15) is 5.10 Å². The van der Waals surface area contributed by atoms with Gasteiger partial charge in [0.05, 0.1) is 18.0 Å². The number of carbonyl (C=O) groups is 1. The number of rotatable bonds is 5. The molecule has 0 fully saturated rings. The molecule has 0 aliphatic heterocycles. The van der Waals surface area contributed by atoms with Gasteiger partial charge in [0, 0.05) is 5.56 Å². The Balaban J connectivity index is 1.62. The summed E-state index contributed by atoms with van der Waals surface area (Å²) in [4.78, 5) is 12.6. The fraction of sp³-hybridized carbons (Fsp3) is 0.0909. The molecule has 4 aromatic rings. The van der Waals surface area contributed by atoms with Crippen LogP contribution in [-0.2, 0) is 0 Å². The minimum absolute atomic E-state index is 0.263. The van der Waals surface area contributed by atoms with Gasteiger partial charge in [-0.3, -0.25) is 9.89 Å². The Morgan fingerprint density at radius 1 is 1.04 bits per heavy atom. The predicted molar refractivity (Wildman–Crippen MR) is 107 cm³/mol. The van der Waals surface area contributed by atoms with Crippen LogP contribution in [0.2, 0.25) is 0 Å². The highest BCUT2D eigenvalue weighted by molar-refractivity contribution is 6.05. The Kier molecular flexibility index (Phi) is 4.58. The molecular weight excluding hydrogens is 338 g/mol. The summed E-state index contributed by atoms with van der Waals surface area (Å²) in [5.74, 6) is 0.378. The average Bonchev–Trinajstić information content (AvgIpc) is 3.19. The molecule has 27 heavy (non-hydrogen) atoms. The highest BCUT2D eigenvalue weighted by Gasteiger charge is 2.14. The average molecular weight is 357 g/mol. The Morgan fingerprint density at radius 3 is 2.70 bits per heavy atom. The number of H-pyrrole nitrogens is 1. The number of benzene rings is 3. The minimum Gasteiger partial charge on any atom is -0.492 e. The van der Waals surface area contributed by atoms with Crippen molar-refractivity contribution in [1.82, 2.24) is 10.2 Å². The second-order valence-corrected chi connectivity index (χ2v) is 6.08. The third-order valence-corrected chi connectivity index (χ3v) is 4.32. The van der Waals surface area contributed by atoms with Crippen molar-refractivity contribution in [2.24, 2.45) is 0 Å². The van der Waals surface area contributed by atoms with Gasteiger partial charge in [0.15, 0.2) is 0 Å². The second kappa shape index (κ2) is 7.33. The molecule has 2 N–H and O–H groups in total. The first-order valence-electron chi connectivity index (χ1n) is 8.83. The van der Waals surface area contributed by atoms with E-state index in [0.29, 0.717) is 23.7 Å². The van der Waals surface area contributed by atoms with Gasteiger partial charge in [-0.1, -0.05) is 54.6 Å². The van der Waals surface area contributed by atoms with E-state index in [1.54, 1.807) is 6.07 Å². The van der Waals surface area contributed by atoms with Crippen molar-refractivity contribution in [1.29, 1.82) is 0 Å². The molecule has 0 saturated carbocycles. The number of aromatic amines is 1. The van der Waals surface area contributed by atoms with Gasteiger partial charge in [0.1, 0.15) is 11.4 Å².